The molecule has 0 spiro atoms. The van der Waals surface area contributed by atoms with Crippen molar-refractivity contribution in [3.63, 3.8) is 0 Å². The third-order valence-electron chi connectivity index (χ3n) is 20.8. The van der Waals surface area contributed by atoms with Gasteiger partial charge in [-0.3, -0.25) is 52.3 Å². The summed E-state index contributed by atoms with van der Waals surface area (Å²) >= 11 is 0. The van der Waals surface area contributed by atoms with Gasteiger partial charge >= 0.3 is 47.1 Å². The van der Waals surface area contributed by atoms with Gasteiger partial charge in [0, 0.05) is 79.5 Å². The molecule has 35 nitrogen and oxygen atoms in total. The van der Waals surface area contributed by atoms with E-state index in [4.69, 9.17) is 17.2 Å². The van der Waals surface area contributed by atoms with E-state index in [1.807, 2.05) is 39.0 Å². The standard InChI is InChI=1S/C33H28F3N9O3.C31H26F3N9O3.C29H24N8O3/c1-42(22-12-13-22)16-4-7-27(46)43(2)24-5-3-6-25(18-24)45-30-28(29(37)39-19-40-30)44(32(45)48)23-10-8-20(9-11-23)31(47)41-26-17-21(14-15-38-26)33(34,35)36;1-40(2)15-5-8-25(44)41(3)22-6-4-7-23(17-22)43-28-26(27(35)37-18-38-28)42(30(43)46)21-11-9-19(10-12-21)29(45)39-24-16-20(13-14-36-24)31(32,33)34;1-4-6-24(38)35(3)21-7-5-8-22(16-21)37-27-25(26(30)32-17-33-27)36(29(37)40)20-11-9-19(10-12-20)28(39)34-23-15-18(2)13-14-31-23/h3,5-6,8-11,14-15,17-19,22H,12-13,16H2,1-2H3,(H2,37,39,40)(H,38,41,47);4,6-7,9-14,16-18H,15H2,1-3H3,(H2,35,37,38)(H,36,39,45);5,7-17H,1-3H3,(H2,30,32,33)(H,31,34,39). The topological polar surface area (TPSA) is 430 Å². The molecule has 6 aromatic carbocycles. The molecule has 9 heterocycles. The number of carbonyl (C=O) groups is 6. The van der Waals surface area contributed by atoms with E-state index in [0.29, 0.717) is 87.2 Å². The number of imidazole rings is 3. The van der Waals surface area contributed by atoms with E-state index in [2.05, 4.69) is 101 Å². The summed E-state index contributed by atoms with van der Waals surface area (Å²) in [6.07, 6.45) is 0.307. The van der Waals surface area contributed by atoms with Crippen LogP contribution in [0.1, 0.15) is 67.5 Å². The molecule has 9 aromatic heterocycles. The number of halogens is 6. The van der Waals surface area contributed by atoms with Crippen LogP contribution in [0, 0.1) is 42.4 Å². The number of alkyl halides is 6. The normalized spacial score (nSPS) is 11.6. The summed E-state index contributed by atoms with van der Waals surface area (Å²) in [7, 11) is 10.4. The summed E-state index contributed by atoms with van der Waals surface area (Å²) in [6.45, 7) is 4.39. The highest BCUT2D eigenvalue weighted by atomic mass is 19.4. The molecule has 0 unspecified atom stereocenters. The first-order valence-electron chi connectivity index (χ1n) is 40.4. The van der Waals surface area contributed by atoms with E-state index in [1.54, 1.807) is 137 Å². The van der Waals surface area contributed by atoms with Crippen molar-refractivity contribution in [2.75, 3.05) is 103 Å². The quantitative estimate of drug-likeness (QED) is 0.0343. The van der Waals surface area contributed by atoms with Gasteiger partial charge in [0.25, 0.3) is 17.7 Å². The fourth-order valence-corrected chi connectivity index (χ4v) is 13.8. The molecule has 1 saturated carbocycles. The largest absolute Gasteiger partial charge is 0.416 e. The summed E-state index contributed by atoms with van der Waals surface area (Å²) in [5.41, 5.74) is 21.9. The first-order valence-corrected chi connectivity index (χ1v) is 40.4. The molecule has 0 atom stereocenters. The van der Waals surface area contributed by atoms with E-state index in [1.165, 1.54) is 110 Å². The van der Waals surface area contributed by atoms with Crippen LogP contribution < -0.4 is 64.9 Å². The number of pyridine rings is 3. The average molecular weight is 1820 g/mol. The number of amides is 6. The molecule has 15 aromatic rings. The number of hydrogen-bond acceptors (Lipinski definition) is 23. The highest BCUT2D eigenvalue weighted by Crippen LogP contribution is 2.35. The van der Waals surface area contributed by atoms with Gasteiger partial charge in [0.1, 0.15) is 53.0 Å². The van der Waals surface area contributed by atoms with Gasteiger partial charge in [0.15, 0.2) is 34.4 Å². The maximum atomic E-state index is 14.0. The Balaban J connectivity index is 0.000000162. The lowest BCUT2D eigenvalue weighted by molar-refractivity contribution is -0.138. The second kappa shape index (κ2) is 39.0. The number of rotatable bonds is 18. The molecular formula is C93H78F6N26O9. The minimum Gasteiger partial charge on any atom is -0.382 e. The number of benzene rings is 6. The van der Waals surface area contributed by atoms with Crippen molar-refractivity contribution in [2.45, 2.75) is 45.1 Å². The Morgan fingerprint density at radius 3 is 1.03 bits per heavy atom. The lowest BCUT2D eigenvalue weighted by atomic mass is 10.2. The Morgan fingerprint density at radius 1 is 0.396 bits per heavy atom. The number of anilines is 9. The molecule has 0 saturated heterocycles. The number of nitrogens with zero attached hydrogens (tertiary/aromatic N) is 20. The number of carbonyl (C=O) groups excluding carboxylic acids is 6. The summed E-state index contributed by atoms with van der Waals surface area (Å²) < 4.78 is 86.4. The van der Waals surface area contributed by atoms with E-state index in [-0.39, 0.29) is 80.0 Å². The molecule has 9 N–H and O–H groups in total. The summed E-state index contributed by atoms with van der Waals surface area (Å²) in [5.74, 6) is 13.1. The van der Waals surface area contributed by atoms with E-state index >= 15 is 0 Å². The van der Waals surface area contributed by atoms with Crippen LogP contribution in [0.5, 0.6) is 0 Å². The lowest BCUT2D eigenvalue weighted by Gasteiger charge is -2.15. The molecule has 41 heteroatoms. The zero-order valence-electron chi connectivity index (χ0n) is 72.3. The van der Waals surface area contributed by atoms with Crippen molar-refractivity contribution in [1.82, 2.24) is 82.1 Å². The van der Waals surface area contributed by atoms with Gasteiger partial charge in [-0.05, 0) is 235 Å². The van der Waals surface area contributed by atoms with Gasteiger partial charge in [0.2, 0.25) is 0 Å². The van der Waals surface area contributed by atoms with E-state index in [9.17, 15) is 69.5 Å². The minimum absolute atomic E-state index is 0.0120. The molecule has 1 aliphatic carbocycles. The zero-order chi connectivity index (χ0) is 95.7. The Hall–Kier alpha value is -17.8. The van der Waals surface area contributed by atoms with E-state index < -0.39 is 64.2 Å². The first-order chi connectivity index (χ1) is 64.0. The van der Waals surface area contributed by atoms with Crippen LogP contribution in [-0.2, 0) is 26.7 Å². The molecule has 1 aliphatic rings. The fraction of sp³-hybridized carbons (Fsp3) is 0.161. The zero-order valence-corrected chi connectivity index (χ0v) is 72.3. The number of nitrogens with one attached hydrogen (secondary N) is 3. The van der Waals surface area contributed by atoms with Crippen LogP contribution in [0.4, 0.5) is 78.3 Å². The SMILES string of the molecule is CC#CC(=O)N(C)c1cccc(-n2c(=O)n(-c3ccc(C(=O)Nc4cc(C)ccn4)cc3)c3c(N)ncnc32)c1.CN(C(=O)C#CCN(C)C1CC1)c1cccc(-n2c(=O)n(-c3ccc(C(=O)Nc4cc(C(F)(F)F)ccn4)cc3)c3c(N)ncnc32)c1.CN(C)CC#CC(=O)N(C)c1cccc(-n2c(=O)n(-c3ccc(C(=O)Nc4cc(C(F)(F)F)ccn4)cc3)c3c(N)ncnc32)c1. The molecule has 0 radical (unpaired) electrons. The van der Waals surface area contributed by atoms with Crippen molar-refractivity contribution in [3.8, 4) is 69.6 Å². The number of aryl methyl sites for hydroxylation is 1. The highest BCUT2D eigenvalue weighted by Gasteiger charge is 2.34. The molecule has 0 aliphatic heterocycles. The van der Waals surface area contributed by atoms with Crippen molar-refractivity contribution in [3.05, 3.63) is 284 Å². The number of nitrogens with two attached hydrogens (primary N) is 3. The highest BCUT2D eigenvalue weighted by molar-refractivity contribution is 6.08. The molecule has 1 fully saturated rings. The summed E-state index contributed by atoms with van der Waals surface area (Å²) in [6, 6.07) is 45.4. The van der Waals surface area contributed by atoms with Gasteiger partial charge in [-0.25, -0.2) is 72.9 Å². The van der Waals surface area contributed by atoms with Crippen molar-refractivity contribution in [2.24, 2.45) is 0 Å². The van der Waals surface area contributed by atoms with Gasteiger partial charge in [-0.2, -0.15) is 26.3 Å². The second-order valence-corrected chi connectivity index (χ2v) is 30.2. The summed E-state index contributed by atoms with van der Waals surface area (Å²) in [4.78, 5) is 163. The molecule has 6 amide bonds. The number of fused-ring (bicyclic) bond motifs is 3. The van der Waals surface area contributed by atoms with Gasteiger partial charge in [-0.1, -0.05) is 36.0 Å². The molecule has 134 heavy (non-hydrogen) atoms. The predicted molar refractivity (Wildman–Crippen MR) is 491 cm³/mol. The monoisotopic (exact) mass is 1820 g/mol. The smallest absolute Gasteiger partial charge is 0.382 e. The minimum atomic E-state index is -4.60. The van der Waals surface area contributed by atoms with Crippen LogP contribution in [0.15, 0.2) is 234 Å². The number of hydrogen-bond donors (Lipinski definition) is 6. The number of nitrogen functional groups attached to an aromatic ring is 3. The third-order valence-corrected chi connectivity index (χ3v) is 20.8. The van der Waals surface area contributed by atoms with Crippen LogP contribution in [0.2, 0.25) is 0 Å². The first kappa shape index (κ1) is 92.4. The molecular weight excluding hydrogens is 1740 g/mol. The lowest BCUT2D eigenvalue weighted by Crippen LogP contribution is -2.26. The van der Waals surface area contributed by atoms with E-state index in [0.717, 1.165) is 55.1 Å². The Kier molecular flexibility index (Phi) is 26.9. The van der Waals surface area contributed by atoms with Crippen LogP contribution >= 0.6 is 0 Å². The Morgan fingerprint density at radius 2 is 0.716 bits per heavy atom. The second-order valence-electron chi connectivity index (χ2n) is 30.2. The van der Waals surface area contributed by atoms with Gasteiger partial charge in [0.05, 0.1) is 58.3 Å². The summed E-state index contributed by atoms with van der Waals surface area (Å²) in [5, 5.41) is 7.46. The third kappa shape index (κ3) is 20.4. The van der Waals surface area contributed by atoms with Gasteiger partial charge in [-0.15, -0.1) is 0 Å². The predicted octanol–water partition coefficient (Wildman–Crippen LogP) is 10.3. The molecule has 16 rings (SSSR count). The average Bonchev–Trinajstić information content (AvgIpc) is 1.60. The van der Waals surface area contributed by atoms with Crippen LogP contribution in [0.3, 0.4) is 0 Å². The number of aromatic nitrogens is 15. The van der Waals surface area contributed by atoms with Crippen LogP contribution in [-0.4, -0.2) is 179 Å². The Bertz CT molecular complexity index is 7540. The Labute approximate surface area is 756 Å². The van der Waals surface area contributed by atoms with Crippen molar-refractivity contribution >= 4 is 121 Å². The fourth-order valence-electron chi connectivity index (χ4n) is 13.8. The molecule has 676 valence electrons. The molecule has 0 bridgehead atoms. The van der Waals surface area contributed by atoms with Crippen LogP contribution in [0.25, 0.3) is 67.6 Å². The van der Waals surface area contributed by atoms with Crippen molar-refractivity contribution in [1.29, 1.82) is 0 Å². The van der Waals surface area contributed by atoms with Crippen molar-refractivity contribution < 1.29 is 55.1 Å². The maximum Gasteiger partial charge on any atom is 0.416 e. The maximum absolute atomic E-state index is 14.0. The van der Waals surface area contributed by atoms with Gasteiger partial charge < -0.3 is 47.9 Å².